The summed E-state index contributed by atoms with van der Waals surface area (Å²) in [5, 5.41) is 3.37. The van der Waals surface area contributed by atoms with Gasteiger partial charge in [-0.3, -0.25) is 0 Å². The van der Waals surface area contributed by atoms with Crippen LogP contribution in [0.4, 0.5) is 0 Å². The van der Waals surface area contributed by atoms with Gasteiger partial charge in [0.1, 0.15) is 0 Å². The molecular formula is C12H18BrNS. The summed E-state index contributed by atoms with van der Waals surface area (Å²) in [6.07, 6.45) is 1.22. The predicted molar refractivity (Wildman–Crippen MR) is 72.5 cm³/mol. The lowest BCUT2D eigenvalue weighted by molar-refractivity contribution is 0.718. The van der Waals surface area contributed by atoms with Gasteiger partial charge in [-0.2, -0.15) is 0 Å². The van der Waals surface area contributed by atoms with E-state index in [-0.39, 0.29) is 0 Å². The highest BCUT2D eigenvalue weighted by Crippen LogP contribution is 2.26. The first-order chi connectivity index (χ1) is 7.27. The normalized spacial score (nSPS) is 10.6. The van der Waals surface area contributed by atoms with E-state index in [1.165, 1.54) is 27.1 Å². The largest absolute Gasteiger partial charge is 0.313 e. The second-order valence-electron chi connectivity index (χ2n) is 3.38. The Morgan fingerprint density at radius 1 is 1.33 bits per heavy atom. The Bertz CT molecular complexity index is 302. The minimum atomic E-state index is 0.968. The van der Waals surface area contributed by atoms with E-state index in [0.717, 1.165) is 13.1 Å². The molecule has 0 saturated carbocycles. The molecule has 1 aromatic carbocycles. The molecule has 15 heavy (non-hydrogen) atoms. The quantitative estimate of drug-likeness (QED) is 0.792. The molecule has 0 fully saturated rings. The monoisotopic (exact) mass is 287 g/mol. The third kappa shape index (κ3) is 4.58. The average molecular weight is 288 g/mol. The molecule has 3 heteroatoms. The van der Waals surface area contributed by atoms with Crippen molar-refractivity contribution in [1.82, 2.24) is 5.32 Å². The maximum atomic E-state index is 3.52. The molecule has 0 spiro atoms. The van der Waals surface area contributed by atoms with Crippen molar-refractivity contribution in [2.24, 2.45) is 0 Å². The molecular weight excluding hydrogens is 270 g/mol. The van der Waals surface area contributed by atoms with Gasteiger partial charge in [0.15, 0.2) is 0 Å². The Balaban J connectivity index is 2.73. The van der Waals surface area contributed by atoms with Gasteiger partial charge in [0.2, 0.25) is 0 Å². The standard InChI is InChI=1S/C12H18BrNS/c1-3-7-15-12-8-11(13)6-5-10(12)9-14-4-2/h5-6,8,14H,3-4,7,9H2,1-2H3. The third-order valence-corrected chi connectivity index (χ3v) is 3.85. The minimum Gasteiger partial charge on any atom is -0.313 e. The maximum Gasteiger partial charge on any atom is 0.0216 e. The lowest BCUT2D eigenvalue weighted by atomic mass is 10.2. The molecule has 1 nitrogen and oxygen atoms in total. The fourth-order valence-electron chi connectivity index (χ4n) is 1.28. The molecule has 0 heterocycles. The molecule has 0 unspecified atom stereocenters. The van der Waals surface area contributed by atoms with Crippen LogP contribution in [0.25, 0.3) is 0 Å². The van der Waals surface area contributed by atoms with E-state index >= 15 is 0 Å². The second kappa shape index (κ2) is 7.31. The summed E-state index contributed by atoms with van der Waals surface area (Å²) in [5.41, 5.74) is 1.40. The van der Waals surface area contributed by atoms with Crippen molar-refractivity contribution in [3.63, 3.8) is 0 Å². The van der Waals surface area contributed by atoms with Crippen LogP contribution in [0, 0.1) is 0 Å². The molecule has 0 atom stereocenters. The number of hydrogen-bond acceptors (Lipinski definition) is 2. The summed E-state index contributed by atoms with van der Waals surface area (Å²) < 4.78 is 1.17. The number of nitrogens with one attached hydrogen (secondary N) is 1. The molecule has 0 amide bonds. The first-order valence-corrected chi connectivity index (χ1v) is 7.17. The molecule has 0 aliphatic heterocycles. The zero-order valence-corrected chi connectivity index (χ0v) is 11.7. The molecule has 84 valence electrons. The molecule has 1 N–H and O–H groups in total. The van der Waals surface area contributed by atoms with Crippen molar-refractivity contribution in [3.05, 3.63) is 28.2 Å². The van der Waals surface area contributed by atoms with Gasteiger partial charge in [0.25, 0.3) is 0 Å². The molecule has 0 saturated heterocycles. The molecule has 0 aliphatic carbocycles. The number of thioether (sulfide) groups is 1. The molecule has 0 radical (unpaired) electrons. The first kappa shape index (κ1) is 13.1. The van der Waals surface area contributed by atoms with Crippen LogP contribution in [0.1, 0.15) is 25.8 Å². The zero-order valence-electron chi connectivity index (χ0n) is 9.35. The number of hydrogen-bond donors (Lipinski definition) is 1. The van der Waals surface area contributed by atoms with Crippen LogP contribution >= 0.6 is 27.7 Å². The fraction of sp³-hybridized carbons (Fsp3) is 0.500. The van der Waals surface area contributed by atoms with Crippen molar-refractivity contribution in [1.29, 1.82) is 0 Å². The van der Waals surface area contributed by atoms with E-state index in [4.69, 9.17) is 0 Å². The average Bonchev–Trinajstić information content (AvgIpc) is 2.25. The van der Waals surface area contributed by atoms with Gasteiger partial charge in [-0.25, -0.2) is 0 Å². The van der Waals surface area contributed by atoms with Crippen LogP contribution in [-0.4, -0.2) is 12.3 Å². The Morgan fingerprint density at radius 3 is 2.80 bits per heavy atom. The summed E-state index contributed by atoms with van der Waals surface area (Å²) in [7, 11) is 0. The molecule has 1 aromatic rings. The number of rotatable bonds is 6. The topological polar surface area (TPSA) is 12.0 Å². The lowest BCUT2D eigenvalue weighted by Gasteiger charge is -2.09. The molecule has 0 aromatic heterocycles. The van der Waals surface area contributed by atoms with Crippen LogP contribution < -0.4 is 5.32 Å². The van der Waals surface area contributed by atoms with E-state index < -0.39 is 0 Å². The minimum absolute atomic E-state index is 0.968. The van der Waals surface area contributed by atoms with Gasteiger partial charge < -0.3 is 5.32 Å². The molecule has 0 aliphatic rings. The van der Waals surface area contributed by atoms with Gasteiger partial charge in [0.05, 0.1) is 0 Å². The summed E-state index contributed by atoms with van der Waals surface area (Å²) in [4.78, 5) is 1.40. The van der Waals surface area contributed by atoms with Crippen LogP contribution in [0.3, 0.4) is 0 Å². The van der Waals surface area contributed by atoms with Gasteiger partial charge in [0, 0.05) is 15.9 Å². The first-order valence-electron chi connectivity index (χ1n) is 5.39. The van der Waals surface area contributed by atoms with Crippen molar-refractivity contribution < 1.29 is 0 Å². The Kier molecular flexibility index (Phi) is 6.37. The van der Waals surface area contributed by atoms with Crippen molar-refractivity contribution in [3.8, 4) is 0 Å². The van der Waals surface area contributed by atoms with Gasteiger partial charge in [-0.15, -0.1) is 11.8 Å². The Hall–Kier alpha value is 0.01000. The highest BCUT2D eigenvalue weighted by atomic mass is 79.9. The number of halogens is 1. The second-order valence-corrected chi connectivity index (χ2v) is 5.43. The van der Waals surface area contributed by atoms with Crippen molar-refractivity contribution in [2.45, 2.75) is 31.7 Å². The summed E-state index contributed by atoms with van der Waals surface area (Å²) >= 11 is 5.46. The maximum absolute atomic E-state index is 3.52. The summed E-state index contributed by atoms with van der Waals surface area (Å²) in [6, 6.07) is 6.53. The van der Waals surface area contributed by atoms with Gasteiger partial charge in [-0.1, -0.05) is 35.8 Å². The molecule has 1 rings (SSSR count). The SMILES string of the molecule is CCCSc1cc(Br)ccc1CNCC. The summed E-state index contributed by atoms with van der Waals surface area (Å²) in [5.74, 6) is 1.19. The van der Waals surface area contributed by atoms with Crippen molar-refractivity contribution in [2.75, 3.05) is 12.3 Å². The molecule has 0 bridgehead atoms. The number of benzene rings is 1. The third-order valence-electron chi connectivity index (χ3n) is 2.06. The van der Waals surface area contributed by atoms with E-state index in [1.54, 1.807) is 0 Å². The lowest BCUT2D eigenvalue weighted by Crippen LogP contribution is -2.12. The highest BCUT2D eigenvalue weighted by molar-refractivity contribution is 9.10. The van der Waals surface area contributed by atoms with Crippen LogP contribution in [-0.2, 0) is 6.54 Å². The van der Waals surface area contributed by atoms with E-state index in [1.807, 2.05) is 11.8 Å². The van der Waals surface area contributed by atoms with E-state index in [0.29, 0.717) is 0 Å². The summed E-state index contributed by atoms with van der Waals surface area (Å²) in [6.45, 7) is 6.34. The predicted octanol–water partition coefficient (Wildman–Crippen LogP) is 4.06. The van der Waals surface area contributed by atoms with Crippen LogP contribution in [0.5, 0.6) is 0 Å². The Labute approximate surface area is 105 Å². The van der Waals surface area contributed by atoms with E-state index in [9.17, 15) is 0 Å². The highest BCUT2D eigenvalue weighted by Gasteiger charge is 2.03. The fourth-order valence-corrected chi connectivity index (χ4v) is 2.75. The van der Waals surface area contributed by atoms with Gasteiger partial charge in [-0.05, 0) is 36.4 Å². The zero-order chi connectivity index (χ0) is 11.1. The Morgan fingerprint density at radius 2 is 2.13 bits per heavy atom. The van der Waals surface area contributed by atoms with Crippen LogP contribution in [0.2, 0.25) is 0 Å². The van der Waals surface area contributed by atoms with Crippen LogP contribution in [0.15, 0.2) is 27.6 Å². The van der Waals surface area contributed by atoms with Crippen molar-refractivity contribution >= 4 is 27.7 Å². The van der Waals surface area contributed by atoms with Gasteiger partial charge >= 0.3 is 0 Å². The van der Waals surface area contributed by atoms with E-state index in [2.05, 4.69) is 53.3 Å². The smallest absolute Gasteiger partial charge is 0.0216 e.